The molecule has 8 aromatic carbocycles. The Morgan fingerprint density at radius 3 is 1.53 bits per heavy atom. The fourth-order valence-corrected chi connectivity index (χ4v) is 10.7. The molecule has 0 saturated heterocycles. The molecule has 0 radical (unpaired) electrons. The molecule has 10 aromatic rings. The van der Waals surface area contributed by atoms with Crippen molar-refractivity contribution >= 4 is 22.7 Å². The molecule has 0 unspecified atom stereocenters. The Kier molecular flexibility index (Phi) is 8.00. The molecule has 2 aromatic heterocycles. The minimum absolute atomic E-state index is 0.460. The van der Waals surface area contributed by atoms with Gasteiger partial charge in [0.05, 0.1) is 22.3 Å². The first-order valence-electron chi connectivity index (χ1n) is 20.3. The fraction of sp³-hybridized carbons (Fsp3) is 0.0179. The van der Waals surface area contributed by atoms with Gasteiger partial charge in [-0.1, -0.05) is 182 Å². The second-order valence-electron chi connectivity index (χ2n) is 15.5. The first-order valence-corrected chi connectivity index (χ1v) is 21.2. The third-order valence-corrected chi connectivity index (χ3v) is 13.4. The van der Waals surface area contributed by atoms with E-state index in [0.29, 0.717) is 5.82 Å². The minimum atomic E-state index is -0.460. The van der Waals surface area contributed by atoms with Crippen molar-refractivity contribution in [3.8, 4) is 67.3 Å². The van der Waals surface area contributed by atoms with Crippen molar-refractivity contribution in [2.45, 2.75) is 15.2 Å². The SMILES string of the molecule is c1ccc(-c2cc(-c3ccccc3)nc(-c3ccc(-c4ccc5c(c4)-c4cc(-c6cccc7cccnc67)ccc4C54c5ccccc5Sc5ccccc54)cc3)n2)cc1. The van der Waals surface area contributed by atoms with Gasteiger partial charge in [0.1, 0.15) is 0 Å². The number of pyridine rings is 1. The second kappa shape index (κ2) is 13.9. The van der Waals surface area contributed by atoms with E-state index in [2.05, 4.69) is 188 Å². The topological polar surface area (TPSA) is 38.7 Å². The highest BCUT2D eigenvalue weighted by molar-refractivity contribution is 7.99. The Hall–Kier alpha value is -7.40. The smallest absolute Gasteiger partial charge is 0.160 e. The minimum Gasteiger partial charge on any atom is -0.256 e. The zero-order valence-corrected chi connectivity index (χ0v) is 33.3. The normalized spacial score (nSPS) is 13.1. The lowest BCUT2D eigenvalue weighted by Gasteiger charge is -2.39. The summed E-state index contributed by atoms with van der Waals surface area (Å²) in [4.78, 5) is 17.6. The quantitative estimate of drug-likeness (QED) is 0.174. The molecule has 0 atom stereocenters. The summed E-state index contributed by atoms with van der Waals surface area (Å²) in [5.74, 6) is 0.703. The van der Waals surface area contributed by atoms with Crippen molar-refractivity contribution in [1.82, 2.24) is 15.0 Å². The summed E-state index contributed by atoms with van der Waals surface area (Å²) in [6.07, 6.45) is 1.89. The van der Waals surface area contributed by atoms with Crippen molar-refractivity contribution in [2.75, 3.05) is 0 Å². The van der Waals surface area contributed by atoms with E-state index < -0.39 is 5.41 Å². The van der Waals surface area contributed by atoms with Gasteiger partial charge in [0.2, 0.25) is 0 Å². The van der Waals surface area contributed by atoms with Gasteiger partial charge in [0.25, 0.3) is 0 Å². The van der Waals surface area contributed by atoms with Crippen molar-refractivity contribution in [2.24, 2.45) is 0 Å². The number of fused-ring (bicyclic) bond motifs is 10. The molecule has 1 aliphatic heterocycles. The zero-order valence-electron chi connectivity index (χ0n) is 32.5. The molecule has 1 aliphatic carbocycles. The molecule has 60 heavy (non-hydrogen) atoms. The summed E-state index contributed by atoms with van der Waals surface area (Å²) in [7, 11) is 0. The van der Waals surface area contributed by atoms with Crippen LogP contribution in [0.15, 0.2) is 222 Å². The summed E-state index contributed by atoms with van der Waals surface area (Å²) >= 11 is 1.87. The summed E-state index contributed by atoms with van der Waals surface area (Å²) in [6, 6.07) is 74.3. The van der Waals surface area contributed by atoms with Gasteiger partial charge < -0.3 is 0 Å². The van der Waals surface area contributed by atoms with Crippen LogP contribution in [0, 0.1) is 0 Å². The third kappa shape index (κ3) is 5.42. The van der Waals surface area contributed by atoms with Gasteiger partial charge in [-0.05, 0) is 86.5 Å². The van der Waals surface area contributed by atoms with Gasteiger partial charge in [-0.15, -0.1) is 0 Å². The average molecular weight is 782 g/mol. The molecule has 3 nitrogen and oxygen atoms in total. The molecular formula is C56H35N3S. The van der Waals surface area contributed by atoms with Gasteiger partial charge in [0, 0.05) is 43.6 Å². The third-order valence-electron chi connectivity index (χ3n) is 12.2. The predicted molar refractivity (Wildman–Crippen MR) is 246 cm³/mol. The predicted octanol–water partition coefficient (Wildman–Crippen LogP) is 14.2. The number of rotatable bonds is 5. The lowest BCUT2D eigenvalue weighted by Crippen LogP contribution is -2.31. The van der Waals surface area contributed by atoms with Crippen LogP contribution in [-0.4, -0.2) is 15.0 Å². The van der Waals surface area contributed by atoms with Crippen LogP contribution in [0.25, 0.3) is 78.2 Å². The number of para-hydroxylation sites is 1. The highest BCUT2D eigenvalue weighted by atomic mass is 32.2. The van der Waals surface area contributed by atoms with E-state index in [1.54, 1.807) is 0 Å². The zero-order chi connectivity index (χ0) is 39.6. The molecule has 2 aliphatic rings. The van der Waals surface area contributed by atoms with E-state index >= 15 is 0 Å². The second-order valence-corrected chi connectivity index (χ2v) is 16.6. The van der Waals surface area contributed by atoms with Crippen LogP contribution in [0.2, 0.25) is 0 Å². The van der Waals surface area contributed by atoms with Crippen LogP contribution < -0.4 is 0 Å². The van der Waals surface area contributed by atoms with Crippen LogP contribution >= 0.6 is 11.8 Å². The van der Waals surface area contributed by atoms with Gasteiger partial charge in [0.15, 0.2) is 5.82 Å². The monoisotopic (exact) mass is 781 g/mol. The maximum Gasteiger partial charge on any atom is 0.160 e. The summed E-state index contributed by atoms with van der Waals surface area (Å²) in [5, 5.41) is 1.14. The molecule has 4 heteroatoms. The van der Waals surface area contributed by atoms with Crippen molar-refractivity contribution in [3.63, 3.8) is 0 Å². The Balaban J connectivity index is 1.02. The fourth-order valence-electron chi connectivity index (χ4n) is 9.49. The van der Waals surface area contributed by atoms with Crippen molar-refractivity contribution in [1.29, 1.82) is 0 Å². The van der Waals surface area contributed by atoms with Gasteiger partial charge in [-0.3, -0.25) is 4.98 Å². The Bertz CT molecular complexity index is 3180. The van der Waals surface area contributed by atoms with E-state index in [0.717, 1.165) is 61.2 Å². The standard InChI is InChI=1S/C56H35N3S/c1-3-13-37(14-4-1)50-35-51(38-15-5-2-6-16-38)59-55(58-50)40-26-24-36(25-27-40)41-28-30-46-44(33-41)45-34-42(43-19-11-17-39-18-12-32-57-54(39)43)29-31-47(45)56(46)48-20-7-9-22-52(48)60-53-23-10-8-21-49(53)56/h1-35H. The molecule has 0 fully saturated rings. The highest BCUT2D eigenvalue weighted by Crippen LogP contribution is 2.62. The lowest BCUT2D eigenvalue weighted by molar-refractivity contribution is 0.722. The Morgan fingerprint density at radius 1 is 0.350 bits per heavy atom. The van der Waals surface area contributed by atoms with Gasteiger partial charge in [-0.25, -0.2) is 9.97 Å². The molecule has 0 amide bonds. The highest BCUT2D eigenvalue weighted by Gasteiger charge is 2.50. The van der Waals surface area contributed by atoms with E-state index in [4.69, 9.17) is 15.0 Å². The molecule has 0 saturated carbocycles. The number of benzene rings is 8. The van der Waals surface area contributed by atoms with Crippen molar-refractivity contribution in [3.05, 3.63) is 235 Å². The summed E-state index contributed by atoms with van der Waals surface area (Å²) in [6.45, 7) is 0. The lowest BCUT2D eigenvalue weighted by atomic mass is 9.67. The van der Waals surface area contributed by atoms with Crippen LogP contribution in [0.4, 0.5) is 0 Å². The summed E-state index contributed by atoms with van der Waals surface area (Å²) in [5.41, 5.74) is 17.9. The largest absolute Gasteiger partial charge is 0.256 e. The maximum atomic E-state index is 5.09. The number of hydrogen-bond acceptors (Lipinski definition) is 4. The van der Waals surface area contributed by atoms with Crippen LogP contribution in [0.1, 0.15) is 22.3 Å². The van der Waals surface area contributed by atoms with Crippen LogP contribution in [0.5, 0.6) is 0 Å². The van der Waals surface area contributed by atoms with Crippen LogP contribution in [0.3, 0.4) is 0 Å². The first-order chi connectivity index (χ1) is 29.7. The molecule has 3 heterocycles. The van der Waals surface area contributed by atoms with Crippen LogP contribution in [-0.2, 0) is 5.41 Å². The number of aromatic nitrogens is 3. The first kappa shape index (κ1) is 34.6. The van der Waals surface area contributed by atoms with Crippen molar-refractivity contribution < 1.29 is 0 Å². The molecule has 0 N–H and O–H groups in total. The molecule has 280 valence electrons. The number of nitrogens with zero attached hydrogens (tertiary/aromatic N) is 3. The van der Waals surface area contributed by atoms with E-state index in [1.165, 1.54) is 43.2 Å². The van der Waals surface area contributed by atoms with Gasteiger partial charge >= 0.3 is 0 Å². The average Bonchev–Trinajstić information content (AvgIpc) is 3.61. The van der Waals surface area contributed by atoms with E-state index in [1.807, 2.05) is 36.2 Å². The Labute approximate surface area is 353 Å². The maximum absolute atomic E-state index is 5.09. The van der Waals surface area contributed by atoms with E-state index in [-0.39, 0.29) is 0 Å². The molecule has 12 rings (SSSR count). The Morgan fingerprint density at radius 2 is 0.883 bits per heavy atom. The van der Waals surface area contributed by atoms with Gasteiger partial charge in [-0.2, -0.15) is 0 Å². The summed E-state index contributed by atoms with van der Waals surface area (Å²) < 4.78 is 0. The van der Waals surface area contributed by atoms with E-state index in [9.17, 15) is 0 Å². The molecular weight excluding hydrogens is 747 g/mol. The molecule has 0 bridgehead atoms. The number of hydrogen-bond donors (Lipinski definition) is 0. The molecule has 1 spiro atoms.